The zero-order valence-corrected chi connectivity index (χ0v) is 14.1. The molecule has 124 valence electrons. The van der Waals surface area contributed by atoms with Crippen molar-refractivity contribution in [2.75, 3.05) is 13.1 Å². The van der Waals surface area contributed by atoms with Crippen molar-refractivity contribution in [2.45, 2.75) is 38.6 Å². The number of rotatable bonds is 3. The number of hydrogen-bond donors (Lipinski definition) is 0. The molecule has 3 rings (SSSR count). The Kier molecular flexibility index (Phi) is 4.66. The smallest absolute Gasteiger partial charge is 0.229 e. The summed E-state index contributed by atoms with van der Waals surface area (Å²) >= 11 is 0. The van der Waals surface area contributed by atoms with Crippen LogP contribution < -0.4 is 0 Å². The van der Waals surface area contributed by atoms with Crippen molar-refractivity contribution in [1.82, 2.24) is 14.7 Å². The zero-order valence-electron chi connectivity index (χ0n) is 14.1. The number of nitriles is 1. The average molecular weight is 322 g/mol. The maximum absolute atomic E-state index is 12.8. The van der Waals surface area contributed by atoms with E-state index < -0.39 is 0 Å². The molecule has 0 saturated carbocycles. The standard InChI is InChI=1S/C19H22N4O/c1-14-12-21-23(13-14)18-6-8-22(9-7-18)19(24)15(2)17-5-3-4-16(10-17)11-20/h3-5,10,12-13,15,18H,6-9H2,1-2H3. The lowest BCUT2D eigenvalue weighted by Gasteiger charge is -2.33. The molecule has 0 radical (unpaired) electrons. The number of carbonyl (C=O) groups excluding carboxylic acids is 1. The highest BCUT2D eigenvalue weighted by Gasteiger charge is 2.27. The van der Waals surface area contributed by atoms with Crippen LogP contribution >= 0.6 is 0 Å². The fourth-order valence-electron chi connectivity index (χ4n) is 3.28. The molecular formula is C19H22N4O. The van der Waals surface area contributed by atoms with E-state index in [4.69, 9.17) is 5.26 Å². The SMILES string of the molecule is Cc1cnn(C2CCN(C(=O)C(C)c3cccc(C#N)c3)CC2)c1. The summed E-state index contributed by atoms with van der Waals surface area (Å²) in [5.74, 6) is -0.0815. The van der Waals surface area contributed by atoms with Crippen LogP contribution in [0.4, 0.5) is 0 Å². The van der Waals surface area contributed by atoms with E-state index in [1.165, 1.54) is 5.56 Å². The maximum Gasteiger partial charge on any atom is 0.229 e. The molecule has 1 atom stereocenters. The first-order valence-corrected chi connectivity index (χ1v) is 8.38. The molecule has 0 spiro atoms. The molecule has 1 fully saturated rings. The number of carbonyl (C=O) groups is 1. The maximum atomic E-state index is 12.8. The van der Waals surface area contributed by atoms with Crippen molar-refractivity contribution in [3.05, 3.63) is 53.3 Å². The van der Waals surface area contributed by atoms with Crippen LogP contribution in [0.2, 0.25) is 0 Å². The number of nitrogens with zero attached hydrogens (tertiary/aromatic N) is 4. The third-order valence-electron chi connectivity index (χ3n) is 4.77. The van der Waals surface area contributed by atoms with E-state index in [1.54, 1.807) is 6.07 Å². The molecule has 1 aliphatic rings. The van der Waals surface area contributed by atoms with Gasteiger partial charge in [-0.3, -0.25) is 9.48 Å². The Bertz CT molecular complexity index is 766. The minimum atomic E-state index is -0.221. The van der Waals surface area contributed by atoms with Gasteiger partial charge in [0, 0.05) is 19.3 Å². The van der Waals surface area contributed by atoms with Crippen molar-refractivity contribution in [1.29, 1.82) is 5.26 Å². The molecule has 1 unspecified atom stereocenters. The Morgan fingerprint density at radius 3 is 2.75 bits per heavy atom. The molecule has 24 heavy (non-hydrogen) atoms. The number of aryl methyl sites for hydroxylation is 1. The van der Waals surface area contributed by atoms with Gasteiger partial charge in [0.15, 0.2) is 0 Å². The quantitative estimate of drug-likeness (QED) is 0.872. The van der Waals surface area contributed by atoms with E-state index in [0.29, 0.717) is 11.6 Å². The molecule has 1 aromatic carbocycles. The highest BCUT2D eigenvalue weighted by molar-refractivity contribution is 5.83. The van der Waals surface area contributed by atoms with Crippen LogP contribution in [0.1, 0.15) is 48.4 Å². The molecule has 0 N–H and O–H groups in total. The first kappa shape index (κ1) is 16.3. The molecule has 1 aromatic heterocycles. The van der Waals surface area contributed by atoms with Crippen LogP contribution in [-0.4, -0.2) is 33.7 Å². The number of likely N-dealkylation sites (tertiary alicyclic amines) is 1. The van der Waals surface area contributed by atoms with Crippen molar-refractivity contribution >= 4 is 5.91 Å². The van der Waals surface area contributed by atoms with Crippen molar-refractivity contribution < 1.29 is 4.79 Å². The van der Waals surface area contributed by atoms with E-state index in [1.807, 2.05) is 47.8 Å². The molecule has 1 saturated heterocycles. The predicted molar refractivity (Wildman–Crippen MR) is 91.4 cm³/mol. The van der Waals surface area contributed by atoms with Gasteiger partial charge in [0.1, 0.15) is 0 Å². The molecule has 0 bridgehead atoms. The molecule has 5 heteroatoms. The van der Waals surface area contributed by atoms with Crippen LogP contribution in [0.15, 0.2) is 36.7 Å². The third-order valence-corrected chi connectivity index (χ3v) is 4.77. The summed E-state index contributed by atoms with van der Waals surface area (Å²) in [5.41, 5.74) is 2.67. The normalized spacial score (nSPS) is 16.6. The van der Waals surface area contributed by atoms with Crippen LogP contribution in [0, 0.1) is 18.3 Å². The van der Waals surface area contributed by atoms with E-state index in [-0.39, 0.29) is 11.8 Å². The number of benzene rings is 1. The van der Waals surface area contributed by atoms with Crippen molar-refractivity contribution in [2.24, 2.45) is 0 Å². The molecule has 2 aromatic rings. The summed E-state index contributed by atoms with van der Waals surface area (Å²) in [7, 11) is 0. The summed E-state index contributed by atoms with van der Waals surface area (Å²) < 4.78 is 2.02. The predicted octanol–water partition coefficient (Wildman–Crippen LogP) is 3.03. The Labute approximate surface area is 142 Å². The van der Waals surface area contributed by atoms with Gasteiger partial charge in [0.05, 0.1) is 29.8 Å². The zero-order chi connectivity index (χ0) is 17.1. The van der Waals surface area contributed by atoms with E-state index in [0.717, 1.165) is 31.5 Å². The second kappa shape index (κ2) is 6.88. The van der Waals surface area contributed by atoms with Gasteiger partial charge in [0.25, 0.3) is 0 Å². The average Bonchev–Trinajstić information content (AvgIpc) is 3.07. The summed E-state index contributed by atoms with van der Waals surface area (Å²) in [5, 5.41) is 13.4. The van der Waals surface area contributed by atoms with Gasteiger partial charge >= 0.3 is 0 Å². The Morgan fingerprint density at radius 1 is 1.38 bits per heavy atom. The van der Waals surface area contributed by atoms with E-state index in [9.17, 15) is 4.79 Å². The Balaban J connectivity index is 1.63. The second-order valence-electron chi connectivity index (χ2n) is 6.51. The van der Waals surface area contributed by atoms with Crippen molar-refractivity contribution in [3.8, 4) is 6.07 Å². The third kappa shape index (κ3) is 3.33. The highest BCUT2D eigenvalue weighted by Crippen LogP contribution is 2.26. The monoisotopic (exact) mass is 322 g/mol. The van der Waals surface area contributed by atoms with E-state index >= 15 is 0 Å². The molecule has 1 aliphatic heterocycles. The largest absolute Gasteiger partial charge is 0.342 e. The molecule has 5 nitrogen and oxygen atoms in total. The van der Waals surface area contributed by atoms with Gasteiger partial charge in [-0.1, -0.05) is 12.1 Å². The number of aromatic nitrogens is 2. The molecule has 2 heterocycles. The lowest BCUT2D eigenvalue weighted by Crippen LogP contribution is -2.41. The first-order valence-electron chi connectivity index (χ1n) is 8.38. The molecule has 1 amide bonds. The number of amides is 1. The van der Waals surface area contributed by atoms with Gasteiger partial charge in [-0.15, -0.1) is 0 Å². The lowest BCUT2D eigenvalue weighted by atomic mass is 9.96. The molecule has 0 aliphatic carbocycles. The Morgan fingerprint density at radius 2 is 2.12 bits per heavy atom. The summed E-state index contributed by atoms with van der Waals surface area (Å²) in [6.45, 7) is 5.47. The van der Waals surface area contributed by atoms with Gasteiger partial charge in [-0.05, 0) is 49.9 Å². The van der Waals surface area contributed by atoms with Crippen LogP contribution in [0.5, 0.6) is 0 Å². The van der Waals surface area contributed by atoms with Crippen LogP contribution in [0.25, 0.3) is 0 Å². The summed E-state index contributed by atoms with van der Waals surface area (Å²) in [6, 6.07) is 9.83. The topological polar surface area (TPSA) is 61.9 Å². The minimum Gasteiger partial charge on any atom is -0.342 e. The summed E-state index contributed by atoms with van der Waals surface area (Å²) in [4.78, 5) is 14.7. The van der Waals surface area contributed by atoms with Crippen LogP contribution in [-0.2, 0) is 4.79 Å². The fraction of sp³-hybridized carbons (Fsp3) is 0.421. The Hall–Kier alpha value is -2.61. The van der Waals surface area contributed by atoms with Gasteiger partial charge in [-0.2, -0.15) is 10.4 Å². The van der Waals surface area contributed by atoms with Crippen LogP contribution in [0.3, 0.4) is 0 Å². The van der Waals surface area contributed by atoms with Crippen molar-refractivity contribution in [3.63, 3.8) is 0 Å². The molecular weight excluding hydrogens is 300 g/mol. The van der Waals surface area contributed by atoms with Gasteiger partial charge in [0.2, 0.25) is 5.91 Å². The second-order valence-corrected chi connectivity index (χ2v) is 6.51. The number of hydrogen-bond acceptors (Lipinski definition) is 3. The minimum absolute atomic E-state index is 0.139. The fourth-order valence-corrected chi connectivity index (χ4v) is 3.28. The lowest BCUT2D eigenvalue weighted by molar-refractivity contribution is -0.133. The summed E-state index contributed by atoms with van der Waals surface area (Å²) in [6.07, 6.45) is 5.80. The first-order chi connectivity index (χ1) is 11.6. The highest BCUT2D eigenvalue weighted by atomic mass is 16.2. The number of piperidine rings is 1. The van der Waals surface area contributed by atoms with Gasteiger partial charge < -0.3 is 4.90 Å². The van der Waals surface area contributed by atoms with E-state index in [2.05, 4.69) is 17.4 Å². The van der Waals surface area contributed by atoms with Gasteiger partial charge in [-0.25, -0.2) is 0 Å².